The molecule has 0 spiro atoms. The lowest BCUT2D eigenvalue weighted by Gasteiger charge is -2.08. The third kappa shape index (κ3) is 3.60. The van der Waals surface area contributed by atoms with Gasteiger partial charge in [-0.3, -0.25) is 4.79 Å². The number of nitrogens with zero attached hydrogens (tertiary/aromatic N) is 1. The summed E-state index contributed by atoms with van der Waals surface area (Å²) in [7, 11) is 0. The summed E-state index contributed by atoms with van der Waals surface area (Å²) in [5, 5.41) is 1.57. The molecule has 122 valence electrons. The molecule has 2 heterocycles. The van der Waals surface area contributed by atoms with Crippen LogP contribution in [-0.2, 0) is 10.5 Å². The van der Waals surface area contributed by atoms with E-state index in [9.17, 15) is 9.59 Å². The molecule has 1 aromatic carbocycles. The van der Waals surface area contributed by atoms with Gasteiger partial charge in [0.15, 0.2) is 0 Å². The van der Waals surface area contributed by atoms with E-state index < -0.39 is 11.6 Å². The van der Waals surface area contributed by atoms with Gasteiger partial charge in [0.05, 0.1) is 5.03 Å². The molecule has 7 heteroatoms. The number of rotatable bonds is 4. The number of benzene rings is 1. The van der Waals surface area contributed by atoms with Gasteiger partial charge < -0.3 is 9.15 Å². The predicted molar refractivity (Wildman–Crippen MR) is 92.6 cm³/mol. The van der Waals surface area contributed by atoms with E-state index in [1.165, 1.54) is 24.8 Å². The van der Waals surface area contributed by atoms with Crippen LogP contribution in [0, 0.1) is 0 Å². The third-order valence-corrected chi connectivity index (χ3v) is 4.54. The molecule has 0 saturated heterocycles. The van der Waals surface area contributed by atoms with E-state index in [0.717, 1.165) is 5.03 Å². The molecule has 0 radical (unpaired) electrons. The van der Waals surface area contributed by atoms with Crippen molar-refractivity contribution in [3.05, 3.63) is 63.6 Å². The fourth-order valence-electron chi connectivity index (χ4n) is 2.17. The molecule has 0 atom stereocenters. The van der Waals surface area contributed by atoms with E-state index in [1.807, 2.05) is 18.2 Å². The Morgan fingerprint density at radius 1 is 1.33 bits per heavy atom. The molecule has 0 N–H and O–H groups in total. The predicted octanol–water partition coefficient (Wildman–Crippen LogP) is 4.06. The number of thioether (sulfide) groups is 1. The zero-order chi connectivity index (χ0) is 17.1. The summed E-state index contributed by atoms with van der Waals surface area (Å²) in [5.41, 5.74) is 0.355. The lowest BCUT2D eigenvalue weighted by molar-refractivity contribution is -0.131. The maximum atomic E-state index is 12.0. The Morgan fingerprint density at radius 3 is 2.88 bits per heavy atom. The van der Waals surface area contributed by atoms with Crippen LogP contribution in [0.1, 0.15) is 12.5 Å². The molecule has 2 aromatic heterocycles. The Bertz CT molecular complexity index is 956. The number of aromatic nitrogens is 1. The second-order valence-electron chi connectivity index (χ2n) is 4.89. The van der Waals surface area contributed by atoms with Gasteiger partial charge in [-0.1, -0.05) is 17.7 Å². The summed E-state index contributed by atoms with van der Waals surface area (Å²) in [6, 6.07) is 10.5. The molecule has 0 bridgehead atoms. The van der Waals surface area contributed by atoms with Gasteiger partial charge >= 0.3 is 11.6 Å². The molecule has 0 amide bonds. The van der Waals surface area contributed by atoms with Gasteiger partial charge in [0, 0.05) is 30.3 Å². The van der Waals surface area contributed by atoms with Gasteiger partial charge in [-0.05, 0) is 29.8 Å². The van der Waals surface area contributed by atoms with Crippen molar-refractivity contribution in [2.45, 2.75) is 17.7 Å². The monoisotopic (exact) mass is 361 g/mol. The van der Waals surface area contributed by atoms with Crippen LogP contribution >= 0.6 is 23.4 Å². The van der Waals surface area contributed by atoms with Crippen LogP contribution in [0.2, 0.25) is 5.02 Å². The highest BCUT2D eigenvalue weighted by Crippen LogP contribution is 2.31. The quantitative estimate of drug-likeness (QED) is 0.302. The smallest absolute Gasteiger partial charge is 0.355 e. The number of hydrogen-bond donors (Lipinski definition) is 0. The van der Waals surface area contributed by atoms with Crippen molar-refractivity contribution in [2.75, 3.05) is 0 Å². The molecule has 3 rings (SSSR count). The zero-order valence-corrected chi connectivity index (χ0v) is 14.2. The summed E-state index contributed by atoms with van der Waals surface area (Å²) in [6.45, 7) is 1.30. The van der Waals surface area contributed by atoms with Crippen molar-refractivity contribution in [1.82, 2.24) is 4.98 Å². The van der Waals surface area contributed by atoms with Crippen molar-refractivity contribution in [2.24, 2.45) is 0 Å². The maximum absolute atomic E-state index is 12.0. The minimum absolute atomic E-state index is 0.0474. The molecule has 3 aromatic rings. The molecule has 5 nitrogen and oxygen atoms in total. The Kier molecular flexibility index (Phi) is 4.87. The van der Waals surface area contributed by atoms with Crippen LogP contribution in [-0.4, -0.2) is 11.0 Å². The Balaban J connectivity index is 2.00. The van der Waals surface area contributed by atoms with Gasteiger partial charge in [-0.2, -0.15) is 0 Å². The van der Waals surface area contributed by atoms with Crippen LogP contribution in [0.15, 0.2) is 56.8 Å². The normalized spacial score (nSPS) is 10.8. The van der Waals surface area contributed by atoms with Crippen molar-refractivity contribution < 1.29 is 13.9 Å². The minimum Gasteiger partial charge on any atom is -0.427 e. The first-order valence-corrected chi connectivity index (χ1v) is 8.38. The second-order valence-corrected chi connectivity index (χ2v) is 6.26. The fraction of sp³-hybridized carbons (Fsp3) is 0.118. The van der Waals surface area contributed by atoms with Crippen LogP contribution in [0.3, 0.4) is 0 Å². The van der Waals surface area contributed by atoms with Crippen molar-refractivity contribution in [3.63, 3.8) is 0 Å². The van der Waals surface area contributed by atoms with E-state index in [4.69, 9.17) is 20.8 Å². The van der Waals surface area contributed by atoms with Gasteiger partial charge in [0.2, 0.25) is 0 Å². The SMILES string of the molecule is CC(=O)Oc1ccc2c(CSc3ccccn3)c(Cl)c(=O)oc2c1. The molecule has 0 unspecified atom stereocenters. The highest BCUT2D eigenvalue weighted by atomic mass is 35.5. The summed E-state index contributed by atoms with van der Waals surface area (Å²) < 4.78 is 10.2. The van der Waals surface area contributed by atoms with E-state index in [-0.39, 0.29) is 5.02 Å². The molecule has 0 fully saturated rings. The topological polar surface area (TPSA) is 69.4 Å². The Hall–Kier alpha value is -2.31. The molecular formula is C17H12ClNO4S. The Morgan fingerprint density at radius 2 is 2.17 bits per heavy atom. The second kappa shape index (κ2) is 7.07. The first kappa shape index (κ1) is 16.5. The molecule has 0 aliphatic rings. The van der Waals surface area contributed by atoms with Crippen LogP contribution in [0.4, 0.5) is 0 Å². The highest BCUT2D eigenvalue weighted by molar-refractivity contribution is 7.98. The van der Waals surface area contributed by atoms with Gasteiger partial charge in [0.25, 0.3) is 0 Å². The first-order valence-electron chi connectivity index (χ1n) is 7.02. The lowest BCUT2D eigenvalue weighted by Crippen LogP contribution is -2.05. The van der Waals surface area contributed by atoms with E-state index in [0.29, 0.717) is 28.0 Å². The lowest BCUT2D eigenvalue weighted by atomic mass is 10.1. The largest absolute Gasteiger partial charge is 0.427 e. The molecular weight excluding hydrogens is 350 g/mol. The highest BCUT2D eigenvalue weighted by Gasteiger charge is 2.14. The van der Waals surface area contributed by atoms with Gasteiger partial charge in [-0.15, -0.1) is 11.8 Å². The van der Waals surface area contributed by atoms with Crippen molar-refractivity contribution in [1.29, 1.82) is 0 Å². The number of carbonyl (C=O) groups is 1. The zero-order valence-electron chi connectivity index (χ0n) is 12.6. The summed E-state index contributed by atoms with van der Waals surface area (Å²) >= 11 is 7.60. The summed E-state index contributed by atoms with van der Waals surface area (Å²) in [6.07, 6.45) is 1.70. The standard InChI is InChI=1S/C17H12ClNO4S/c1-10(20)22-11-5-6-12-13(9-24-15-4-2-3-7-19-15)16(18)17(21)23-14(12)8-11/h2-8H,9H2,1H3. The summed E-state index contributed by atoms with van der Waals surface area (Å²) in [5.74, 6) is 0.325. The third-order valence-electron chi connectivity index (χ3n) is 3.19. The van der Waals surface area contributed by atoms with Crippen LogP contribution < -0.4 is 10.4 Å². The number of ether oxygens (including phenoxy) is 1. The van der Waals surface area contributed by atoms with Crippen LogP contribution in [0.25, 0.3) is 11.0 Å². The number of fused-ring (bicyclic) bond motifs is 1. The van der Waals surface area contributed by atoms with E-state index in [1.54, 1.807) is 18.3 Å². The Labute approximate surface area is 146 Å². The van der Waals surface area contributed by atoms with Gasteiger partial charge in [0.1, 0.15) is 16.4 Å². The number of halogens is 1. The molecule has 0 aliphatic heterocycles. The van der Waals surface area contributed by atoms with Crippen LogP contribution in [0.5, 0.6) is 5.75 Å². The van der Waals surface area contributed by atoms with Gasteiger partial charge in [-0.25, -0.2) is 9.78 Å². The molecule has 0 saturated carbocycles. The number of hydrogen-bond acceptors (Lipinski definition) is 6. The molecule has 0 aliphatic carbocycles. The fourth-order valence-corrected chi connectivity index (χ4v) is 3.36. The summed E-state index contributed by atoms with van der Waals surface area (Å²) in [4.78, 5) is 27.3. The number of pyridine rings is 1. The number of carbonyl (C=O) groups excluding carboxylic acids is 1. The molecule has 24 heavy (non-hydrogen) atoms. The number of esters is 1. The van der Waals surface area contributed by atoms with E-state index in [2.05, 4.69) is 4.98 Å². The maximum Gasteiger partial charge on any atom is 0.355 e. The average Bonchev–Trinajstić information content (AvgIpc) is 2.56. The van der Waals surface area contributed by atoms with E-state index >= 15 is 0 Å². The average molecular weight is 362 g/mol. The van der Waals surface area contributed by atoms with Crippen molar-refractivity contribution >= 4 is 40.3 Å². The first-order chi connectivity index (χ1) is 11.5. The van der Waals surface area contributed by atoms with Crippen molar-refractivity contribution in [3.8, 4) is 5.75 Å². The minimum atomic E-state index is -0.624.